The van der Waals surface area contributed by atoms with Crippen LogP contribution in [0.2, 0.25) is 0 Å². The Morgan fingerprint density at radius 2 is 2.28 bits per heavy atom. The molecule has 3 rings (SSSR count). The lowest BCUT2D eigenvalue weighted by Gasteiger charge is -2.08. The molecule has 1 aliphatic carbocycles. The number of thiophene rings is 1. The fraction of sp³-hybridized carbons (Fsp3) is 0.500. The number of nitrogens with one attached hydrogen (secondary N) is 1. The van der Waals surface area contributed by atoms with E-state index in [1.54, 1.807) is 11.3 Å². The molecule has 2 aromatic heterocycles. The Labute approximate surface area is 111 Å². The van der Waals surface area contributed by atoms with Crippen molar-refractivity contribution in [1.82, 2.24) is 10.3 Å². The SMILES string of the molecule is CCNCc1ncoc1-c1cc2c(s1)CCCC2. The van der Waals surface area contributed by atoms with E-state index < -0.39 is 0 Å². The summed E-state index contributed by atoms with van der Waals surface area (Å²) in [4.78, 5) is 7.10. The summed E-state index contributed by atoms with van der Waals surface area (Å²) >= 11 is 1.88. The highest BCUT2D eigenvalue weighted by Gasteiger charge is 2.18. The number of hydrogen-bond donors (Lipinski definition) is 1. The Morgan fingerprint density at radius 3 is 3.11 bits per heavy atom. The molecule has 0 aliphatic heterocycles. The highest BCUT2D eigenvalue weighted by Crippen LogP contribution is 2.36. The van der Waals surface area contributed by atoms with E-state index in [2.05, 4.69) is 23.3 Å². The summed E-state index contributed by atoms with van der Waals surface area (Å²) in [6, 6.07) is 2.30. The van der Waals surface area contributed by atoms with Gasteiger partial charge in [-0.25, -0.2) is 4.98 Å². The zero-order chi connectivity index (χ0) is 12.4. The molecule has 18 heavy (non-hydrogen) atoms. The Bertz CT molecular complexity index is 506. The van der Waals surface area contributed by atoms with Gasteiger partial charge >= 0.3 is 0 Å². The van der Waals surface area contributed by atoms with Gasteiger partial charge in [0.25, 0.3) is 0 Å². The van der Waals surface area contributed by atoms with Gasteiger partial charge in [-0.3, -0.25) is 0 Å². The molecule has 0 saturated carbocycles. The topological polar surface area (TPSA) is 38.1 Å². The number of hydrogen-bond acceptors (Lipinski definition) is 4. The van der Waals surface area contributed by atoms with Crippen LogP contribution in [0.3, 0.4) is 0 Å². The molecule has 1 N–H and O–H groups in total. The Morgan fingerprint density at radius 1 is 1.39 bits per heavy atom. The summed E-state index contributed by atoms with van der Waals surface area (Å²) in [7, 11) is 0. The number of aromatic nitrogens is 1. The van der Waals surface area contributed by atoms with Crippen LogP contribution in [-0.2, 0) is 19.4 Å². The lowest BCUT2D eigenvalue weighted by molar-refractivity contribution is 0.571. The summed E-state index contributed by atoms with van der Waals surface area (Å²) < 4.78 is 5.58. The summed E-state index contributed by atoms with van der Waals surface area (Å²) in [6.07, 6.45) is 6.66. The van der Waals surface area contributed by atoms with Crippen LogP contribution < -0.4 is 5.32 Å². The quantitative estimate of drug-likeness (QED) is 0.917. The van der Waals surface area contributed by atoms with E-state index in [1.165, 1.54) is 36.1 Å². The molecule has 0 bridgehead atoms. The summed E-state index contributed by atoms with van der Waals surface area (Å²) in [5.41, 5.74) is 2.54. The summed E-state index contributed by atoms with van der Waals surface area (Å²) in [6.45, 7) is 3.84. The molecule has 0 amide bonds. The molecular formula is C14H18N2OS. The van der Waals surface area contributed by atoms with E-state index in [0.29, 0.717) is 0 Å². The average molecular weight is 262 g/mol. The molecule has 0 aromatic carbocycles. The first-order valence-electron chi connectivity index (χ1n) is 6.63. The van der Waals surface area contributed by atoms with Crippen molar-refractivity contribution in [3.63, 3.8) is 0 Å². The van der Waals surface area contributed by atoms with Crippen LogP contribution >= 0.6 is 11.3 Å². The maximum Gasteiger partial charge on any atom is 0.181 e. The van der Waals surface area contributed by atoms with E-state index in [0.717, 1.165) is 24.5 Å². The third-order valence-electron chi connectivity index (χ3n) is 3.40. The number of fused-ring (bicyclic) bond motifs is 1. The van der Waals surface area contributed by atoms with Crippen molar-refractivity contribution in [2.45, 2.75) is 39.2 Å². The molecule has 0 spiro atoms. The fourth-order valence-electron chi connectivity index (χ4n) is 2.44. The molecule has 2 aromatic rings. The maximum atomic E-state index is 5.58. The largest absolute Gasteiger partial charge is 0.442 e. The first-order chi connectivity index (χ1) is 8.88. The van der Waals surface area contributed by atoms with Crippen molar-refractivity contribution in [2.24, 2.45) is 0 Å². The van der Waals surface area contributed by atoms with Gasteiger partial charge in [0.2, 0.25) is 0 Å². The fourth-order valence-corrected chi connectivity index (χ4v) is 3.71. The van der Waals surface area contributed by atoms with Crippen LogP contribution in [0, 0.1) is 0 Å². The maximum absolute atomic E-state index is 5.58. The van der Waals surface area contributed by atoms with Crippen molar-refractivity contribution >= 4 is 11.3 Å². The van der Waals surface area contributed by atoms with E-state index in [-0.39, 0.29) is 0 Å². The van der Waals surface area contributed by atoms with Gasteiger partial charge in [-0.2, -0.15) is 0 Å². The van der Waals surface area contributed by atoms with Crippen molar-refractivity contribution in [1.29, 1.82) is 0 Å². The number of oxazole rings is 1. The Kier molecular flexibility index (Phi) is 3.48. The second-order valence-electron chi connectivity index (χ2n) is 4.67. The van der Waals surface area contributed by atoms with Gasteiger partial charge in [-0.1, -0.05) is 6.92 Å². The molecule has 0 fully saturated rings. The molecule has 0 saturated heterocycles. The van der Waals surface area contributed by atoms with Gasteiger partial charge in [-0.15, -0.1) is 11.3 Å². The van der Waals surface area contributed by atoms with E-state index in [4.69, 9.17) is 4.42 Å². The van der Waals surface area contributed by atoms with Crippen molar-refractivity contribution < 1.29 is 4.42 Å². The zero-order valence-corrected chi connectivity index (χ0v) is 11.5. The first kappa shape index (κ1) is 11.9. The molecule has 4 heteroatoms. The zero-order valence-electron chi connectivity index (χ0n) is 10.7. The predicted octanol–water partition coefficient (Wildman–Crippen LogP) is 3.39. The van der Waals surface area contributed by atoms with E-state index >= 15 is 0 Å². The first-order valence-corrected chi connectivity index (χ1v) is 7.45. The van der Waals surface area contributed by atoms with Crippen LogP contribution in [0.5, 0.6) is 0 Å². The minimum Gasteiger partial charge on any atom is -0.442 e. The molecule has 0 atom stereocenters. The standard InChI is InChI=1S/C14H18N2OS/c1-2-15-8-11-14(17-9-16-11)13-7-10-5-3-4-6-12(10)18-13/h7,9,15H,2-6,8H2,1H3. The molecule has 0 unspecified atom stereocenters. The van der Waals surface area contributed by atoms with Crippen molar-refractivity contribution in [2.75, 3.05) is 6.54 Å². The van der Waals surface area contributed by atoms with Crippen LogP contribution in [-0.4, -0.2) is 11.5 Å². The van der Waals surface area contributed by atoms with E-state index in [1.807, 2.05) is 11.3 Å². The normalized spacial score (nSPS) is 14.7. The molecule has 0 radical (unpaired) electrons. The summed E-state index contributed by atoms with van der Waals surface area (Å²) in [5.74, 6) is 0.954. The van der Waals surface area contributed by atoms with Gasteiger partial charge in [0, 0.05) is 11.4 Å². The van der Waals surface area contributed by atoms with Crippen LogP contribution in [0.4, 0.5) is 0 Å². The number of nitrogens with zero attached hydrogens (tertiary/aromatic N) is 1. The third-order valence-corrected chi connectivity index (χ3v) is 4.64. The molecule has 2 heterocycles. The highest BCUT2D eigenvalue weighted by atomic mass is 32.1. The van der Waals surface area contributed by atoms with Gasteiger partial charge in [0.15, 0.2) is 12.2 Å². The second kappa shape index (κ2) is 5.24. The van der Waals surface area contributed by atoms with Crippen molar-refractivity contribution in [3.8, 4) is 10.6 Å². The Hall–Kier alpha value is -1.13. The molecule has 1 aliphatic rings. The highest BCUT2D eigenvalue weighted by molar-refractivity contribution is 7.15. The second-order valence-corrected chi connectivity index (χ2v) is 5.81. The smallest absolute Gasteiger partial charge is 0.181 e. The average Bonchev–Trinajstić information content (AvgIpc) is 3.01. The molecular weight excluding hydrogens is 244 g/mol. The third kappa shape index (κ3) is 2.22. The van der Waals surface area contributed by atoms with Crippen LogP contribution in [0.15, 0.2) is 16.9 Å². The molecule has 96 valence electrons. The lowest BCUT2D eigenvalue weighted by Crippen LogP contribution is -2.12. The molecule has 3 nitrogen and oxygen atoms in total. The number of rotatable bonds is 4. The lowest BCUT2D eigenvalue weighted by atomic mass is 9.99. The van der Waals surface area contributed by atoms with Gasteiger partial charge in [-0.05, 0) is 43.9 Å². The van der Waals surface area contributed by atoms with Crippen molar-refractivity contribution in [3.05, 3.63) is 28.6 Å². The van der Waals surface area contributed by atoms with Gasteiger partial charge < -0.3 is 9.73 Å². The minimum absolute atomic E-state index is 0.783. The van der Waals surface area contributed by atoms with E-state index in [9.17, 15) is 0 Å². The van der Waals surface area contributed by atoms with Crippen LogP contribution in [0.1, 0.15) is 35.9 Å². The summed E-state index contributed by atoms with van der Waals surface area (Å²) in [5, 5.41) is 3.30. The van der Waals surface area contributed by atoms with Crippen LogP contribution in [0.25, 0.3) is 10.6 Å². The van der Waals surface area contributed by atoms with Gasteiger partial charge in [0.1, 0.15) is 5.69 Å². The minimum atomic E-state index is 0.783. The monoisotopic (exact) mass is 262 g/mol. The predicted molar refractivity (Wildman–Crippen MR) is 73.8 cm³/mol. The number of aryl methyl sites for hydroxylation is 2. The Balaban J connectivity index is 1.89. The van der Waals surface area contributed by atoms with Gasteiger partial charge in [0.05, 0.1) is 4.88 Å².